The predicted octanol–water partition coefficient (Wildman–Crippen LogP) is 2.79. The van der Waals surface area contributed by atoms with Gasteiger partial charge in [-0.05, 0) is 67.6 Å². The predicted molar refractivity (Wildman–Crippen MR) is 74.8 cm³/mol. The maximum atomic E-state index is 5.67. The SMILES string of the molecule is CN(C)CCCCNc1ccc(N)cc1Br. The van der Waals surface area contributed by atoms with Crippen LogP contribution in [0.5, 0.6) is 0 Å². The standard InChI is InChI=1S/C12H20BrN3/c1-16(2)8-4-3-7-15-12-6-5-10(14)9-11(12)13/h5-6,9,15H,3-4,7-8,14H2,1-2H3. The first-order valence-electron chi connectivity index (χ1n) is 5.53. The van der Waals surface area contributed by atoms with E-state index in [0.29, 0.717) is 0 Å². The van der Waals surface area contributed by atoms with E-state index in [0.717, 1.165) is 28.9 Å². The van der Waals surface area contributed by atoms with Gasteiger partial charge in [-0.25, -0.2) is 0 Å². The summed E-state index contributed by atoms with van der Waals surface area (Å²) in [6.45, 7) is 2.14. The number of unbranched alkanes of at least 4 members (excludes halogenated alkanes) is 1. The van der Waals surface area contributed by atoms with Crippen LogP contribution in [0.25, 0.3) is 0 Å². The second-order valence-electron chi connectivity index (χ2n) is 4.18. The van der Waals surface area contributed by atoms with E-state index in [1.165, 1.54) is 12.8 Å². The van der Waals surface area contributed by atoms with Gasteiger partial charge in [-0.15, -0.1) is 0 Å². The molecule has 0 aliphatic rings. The Morgan fingerprint density at radius 1 is 1.31 bits per heavy atom. The molecular weight excluding hydrogens is 266 g/mol. The first-order valence-corrected chi connectivity index (χ1v) is 6.32. The van der Waals surface area contributed by atoms with Gasteiger partial charge in [0.25, 0.3) is 0 Å². The molecule has 90 valence electrons. The number of halogens is 1. The van der Waals surface area contributed by atoms with Crippen molar-refractivity contribution >= 4 is 27.3 Å². The molecule has 0 heterocycles. The van der Waals surface area contributed by atoms with Crippen molar-refractivity contribution in [1.82, 2.24) is 4.90 Å². The van der Waals surface area contributed by atoms with Crippen molar-refractivity contribution in [2.45, 2.75) is 12.8 Å². The van der Waals surface area contributed by atoms with Crippen molar-refractivity contribution in [3.05, 3.63) is 22.7 Å². The number of anilines is 2. The fourth-order valence-electron chi connectivity index (χ4n) is 1.45. The number of hydrogen-bond acceptors (Lipinski definition) is 3. The first-order chi connectivity index (χ1) is 7.59. The van der Waals surface area contributed by atoms with Crippen molar-refractivity contribution in [1.29, 1.82) is 0 Å². The smallest absolute Gasteiger partial charge is 0.0486 e. The highest BCUT2D eigenvalue weighted by atomic mass is 79.9. The third-order valence-corrected chi connectivity index (χ3v) is 3.00. The topological polar surface area (TPSA) is 41.3 Å². The largest absolute Gasteiger partial charge is 0.399 e. The molecule has 1 aromatic carbocycles. The van der Waals surface area contributed by atoms with Crippen molar-refractivity contribution in [2.24, 2.45) is 0 Å². The molecule has 0 spiro atoms. The zero-order valence-corrected chi connectivity index (χ0v) is 11.5. The van der Waals surface area contributed by atoms with E-state index in [4.69, 9.17) is 5.73 Å². The summed E-state index contributed by atoms with van der Waals surface area (Å²) in [7, 11) is 4.20. The quantitative estimate of drug-likeness (QED) is 0.624. The minimum atomic E-state index is 0.782. The number of nitrogen functional groups attached to an aromatic ring is 1. The van der Waals surface area contributed by atoms with Crippen LogP contribution in [0.4, 0.5) is 11.4 Å². The average molecular weight is 286 g/mol. The van der Waals surface area contributed by atoms with E-state index in [9.17, 15) is 0 Å². The van der Waals surface area contributed by atoms with Crippen molar-refractivity contribution in [3.63, 3.8) is 0 Å². The minimum Gasteiger partial charge on any atom is -0.399 e. The van der Waals surface area contributed by atoms with Crippen LogP contribution in [0.2, 0.25) is 0 Å². The summed E-state index contributed by atoms with van der Waals surface area (Å²) in [5, 5.41) is 3.39. The molecule has 1 aromatic rings. The highest BCUT2D eigenvalue weighted by Gasteiger charge is 1.99. The molecule has 3 nitrogen and oxygen atoms in total. The number of benzene rings is 1. The van der Waals surface area contributed by atoms with Gasteiger partial charge < -0.3 is 16.0 Å². The Balaban J connectivity index is 2.27. The Morgan fingerprint density at radius 2 is 2.06 bits per heavy atom. The number of nitrogens with two attached hydrogens (primary N) is 1. The van der Waals surface area contributed by atoms with Gasteiger partial charge in [-0.1, -0.05) is 0 Å². The fourth-order valence-corrected chi connectivity index (χ4v) is 1.99. The van der Waals surface area contributed by atoms with Crippen molar-refractivity contribution < 1.29 is 0 Å². The molecule has 0 amide bonds. The summed E-state index contributed by atoms with van der Waals surface area (Å²) < 4.78 is 1.03. The van der Waals surface area contributed by atoms with Crippen LogP contribution in [-0.4, -0.2) is 32.1 Å². The second kappa shape index (κ2) is 6.76. The molecular formula is C12H20BrN3. The van der Waals surface area contributed by atoms with Crippen LogP contribution < -0.4 is 11.1 Å². The molecule has 0 aliphatic carbocycles. The second-order valence-corrected chi connectivity index (χ2v) is 5.03. The summed E-state index contributed by atoms with van der Waals surface area (Å²) >= 11 is 3.49. The Labute approximate surface area is 106 Å². The first kappa shape index (κ1) is 13.3. The molecule has 0 aromatic heterocycles. The normalized spacial score (nSPS) is 10.8. The lowest BCUT2D eigenvalue weighted by molar-refractivity contribution is 0.396. The van der Waals surface area contributed by atoms with Crippen LogP contribution in [0, 0.1) is 0 Å². The average Bonchev–Trinajstić information content (AvgIpc) is 2.20. The highest BCUT2D eigenvalue weighted by molar-refractivity contribution is 9.10. The molecule has 3 N–H and O–H groups in total. The van der Waals surface area contributed by atoms with E-state index in [1.54, 1.807) is 0 Å². The molecule has 0 bridgehead atoms. The summed E-state index contributed by atoms with van der Waals surface area (Å²) in [5.41, 5.74) is 7.57. The number of nitrogens with zero attached hydrogens (tertiary/aromatic N) is 1. The molecule has 0 radical (unpaired) electrons. The monoisotopic (exact) mass is 285 g/mol. The molecule has 0 unspecified atom stereocenters. The van der Waals surface area contributed by atoms with Crippen LogP contribution >= 0.6 is 15.9 Å². The van der Waals surface area contributed by atoms with Gasteiger partial charge in [-0.2, -0.15) is 0 Å². The number of hydrogen-bond donors (Lipinski definition) is 2. The maximum absolute atomic E-state index is 5.67. The van der Waals surface area contributed by atoms with E-state index >= 15 is 0 Å². The Hall–Kier alpha value is -0.740. The third-order valence-electron chi connectivity index (χ3n) is 2.34. The number of nitrogens with one attached hydrogen (secondary N) is 1. The summed E-state index contributed by atoms with van der Waals surface area (Å²) in [6, 6.07) is 5.83. The molecule has 0 atom stereocenters. The molecule has 0 saturated carbocycles. The lowest BCUT2D eigenvalue weighted by Gasteiger charge is -2.11. The van der Waals surface area contributed by atoms with E-state index in [1.807, 2.05) is 18.2 Å². The Kier molecular flexibility index (Phi) is 5.63. The number of rotatable bonds is 6. The van der Waals surface area contributed by atoms with E-state index < -0.39 is 0 Å². The van der Waals surface area contributed by atoms with Gasteiger partial charge >= 0.3 is 0 Å². The summed E-state index contributed by atoms with van der Waals surface area (Å²) in [5.74, 6) is 0. The molecule has 16 heavy (non-hydrogen) atoms. The van der Waals surface area contributed by atoms with Crippen LogP contribution in [0.3, 0.4) is 0 Å². The van der Waals surface area contributed by atoms with E-state index in [-0.39, 0.29) is 0 Å². The maximum Gasteiger partial charge on any atom is 0.0486 e. The van der Waals surface area contributed by atoms with Crippen LogP contribution in [0.15, 0.2) is 22.7 Å². The van der Waals surface area contributed by atoms with Gasteiger partial charge in [0.15, 0.2) is 0 Å². The molecule has 1 rings (SSSR count). The molecule has 0 aliphatic heterocycles. The van der Waals surface area contributed by atoms with Crippen molar-refractivity contribution in [2.75, 3.05) is 38.2 Å². The molecule has 4 heteroatoms. The summed E-state index contributed by atoms with van der Waals surface area (Å²) in [6.07, 6.45) is 2.39. The molecule has 0 fully saturated rings. The van der Waals surface area contributed by atoms with Crippen LogP contribution in [-0.2, 0) is 0 Å². The van der Waals surface area contributed by atoms with Gasteiger partial charge in [0.1, 0.15) is 0 Å². The van der Waals surface area contributed by atoms with E-state index in [2.05, 4.69) is 40.2 Å². The highest BCUT2D eigenvalue weighted by Crippen LogP contribution is 2.24. The lowest BCUT2D eigenvalue weighted by Crippen LogP contribution is -2.14. The zero-order valence-electron chi connectivity index (χ0n) is 9.96. The fraction of sp³-hybridized carbons (Fsp3) is 0.500. The van der Waals surface area contributed by atoms with Crippen molar-refractivity contribution in [3.8, 4) is 0 Å². The van der Waals surface area contributed by atoms with Gasteiger partial charge in [-0.3, -0.25) is 0 Å². The Morgan fingerprint density at radius 3 is 2.69 bits per heavy atom. The van der Waals surface area contributed by atoms with Gasteiger partial charge in [0.05, 0.1) is 0 Å². The van der Waals surface area contributed by atoms with Crippen LogP contribution in [0.1, 0.15) is 12.8 Å². The lowest BCUT2D eigenvalue weighted by atomic mass is 10.2. The van der Waals surface area contributed by atoms with Gasteiger partial charge in [0, 0.05) is 22.4 Å². The zero-order chi connectivity index (χ0) is 12.0. The van der Waals surface area contributed by atoms with Gasteiger partial charge in [0.2, 0.25) is 0 Å². The summed E-state index contributed by atoms with van der Waals surface area (Å²) in [4.78, 5) is 2.21. The minimum absolute atomic E-state index is 0.782. The molecule has 0 saturated heterocycles. The Bertz CT molecular complexity index is 326. The third kappa shape index (κ3) is 4.86.